The van der Waals surface area contributed by atoms with Crippen LogP contribution in [-0.2, 0) is 0 Å². The fourth-order valence-electron chi connectivity index (χ4n) is 2.87. The summed E-state index contributed by atoms with van der Waals surface area (Å²) in [5, 5.41) is 22.2. The molecule has 0 radical (unpaired) electrons. The van der Waals surface area contributed by atoms with E-state index in [0.717, 1.165) is 0 Å². The van der Waals surface area contributed by atoms with E-state index in [9.17, 15) is 10.1 Å². The zero-order valence-corrected chi connectivity index (χ0v) is 17.3. The molecule has 11 nitrogen and oxygen atoms in total. The second-order valence-electron chi connectivity index (χ2n) is 6.34. The first-order chi connectivity index (χ1) is 14.9. The highest BCUT2D eigenvalue weighted by Crippen LogP contribution is 2.30. The second-order valence-corrected chi connectivity index (χ2v) is 7.18. The van der Waals surface area contributed by atoms with E-state index in [2.05, 4.69) is 30.7 Å². The molecular weight excluding hydrogens is 445 g/mol. The highest BCUT2D eigenvalue weighted by atomic mass is 35.5. The first kappa shape index (κ1) is 20.6. The van der Waals surface area contributed by atoms with Gasteiger partial charge in [-0.2, -0.15) is 5.10 Å². The Morgan fingerprint density at radius 1 is 1.13 bits per heavy atom. The Kier molecular flexibility index (Phi) is 5.69. The summed E-state index contributed by atoms with van der Waals surface area (Å²) < 4.78 is 1.60. The second kappa shape index (κ2) is 8.58. The lowest BCUT2D eigenvalue weighted by molar-refractivity contribution is -0.384. The standard InChI is InChI=1S/C18H15Cl2N9O2/c19-10-1-2-11(12(20)7-10)13-8-28-18(24-9-25-28)17(26-13)23-6-5-22-15-4-3-14(29(30)31)16(21)27-15/h1-4,7-9H,5-6H2,(H,23,26)(H3,21,22,27). The summed E-state index contributed by atoms with van der Waals surface area (Å²) in [5.74, 6) is 0.786. The average Bonchev–Trinajstić information content (AvgIpc) is 3.19. The highest BCUT2D eigenvalue weighted by Gasteiger charge is 2.14. The Balaban J connectivity index is 1.49. The topological polar surface area (TPSA) is 149 Å². The van der Waals surface area contributed by atoms with Gasteiger partial charge in [0.2, 0.25) is 5.82 Å². The number of nitrogens with zero attached hydrogens (tertiary/aromatic N) is 6. The van der Waals surface area contributed by atoms with E-state index in [0.29, 0.717) is 51.7 Å². The third-order valence-corrected chi connectivity index (χ3v) is 4.84. The van der Waals surface area contributed by atoms with Crippen molar-refractivity contribution < 1.29 is 4.92 Å². The highest BCUT2D eigenvalue weighted by molar-refractivity contribution is 6.36. The van der Waals surface area contributed by atoms with E-state index in [4.69, 9.17) is 28.9 Å². The number of anilines is 3. The van der Waals surface area contributed by atoms with Crippen molar-refractivity contribution in [2.75, 3.05) is 29.5 Å². The molecule has 158 valence electrons. The van der Waals surface area contributed by atoms with Crippen LogP contribution in [0.15, 0.2) is 42.9 Å². The third kappa shape index (κ3) is 4.42. The molecule has 13 heteroatoms. The number of rotatable bonds is 7. The van der Waals surface area contributed by atoms with Crippen LogP contribution in [0.4, 0.5) is 23.1 Å². The predicted molar refractivity (Wildman–Crippen MR) is 119 cm³/mol. The van der Waals surface area contributed by atoms with E-state index < -0.39 is 4.92 Å². The van der Waals surface area contributed by atoms with Crippen LogP contribution in [0.5, 0.6) is 0 Å². The number of nitrogens with two attached hydrogens (primary N) is 1. The van der Waals surface area contributed by atoms with Gasteiger partial charge in [-0.1, -0.05) is 23.2 Å². The molecule has 0 amide bonds. The number of nitrogen functional groups attached to an aromatic ring is 1. The molecule has 0 aliphatic carbocycles. The molecule has 3 heterocycles. The molecule has 0 unspecified atom stereocenters. The van der Waals surface area contributed by atoms with E-state index in [1.807, 2.05) is 0 Å². The summed E-state index contributed by atoms with van der Waals surface area (Å²) >= 11 is 12.3. The van der Waals surface area contributed by atoms with Crippen LogP contribution < -0.4 is 16.4 Å². The molecule has 4 aromatic rings. The number of nitrogens with one attached hydrogen (secondary N) is 2. The van der Waals surface area contributed by atoms with Gasteiger partial charge in [-0.25, -0.2) is 19.5 Å². The van der Waals surface area contributed by atoms with Crippen LogP contribution in [0, 0.1) is 10.1 Å². The Hall–Kier alpha value is -3.70. The number of aromatic nitrogens is 5. The fourth-order valence-corrected chi connectivity index (χ4v) is 3.37. The maximum absolute atomic E-state index is 10.8. The molecule has 0 fully saturated rings. The monoisotopic (exact) mass is 459 g/mol. The van der Waals surface area contributed by atoms with Gasteiger partial charge < -0.3 is 16.4 Å². The fraction of sp³-hybridized carbons (Fsp3) is 0.111. The summed E-state index contributed by atoms with van der Waals surface area (Å²) in [7, 11) is 0. The lowest BCUT2D eigenvalue weighted by Crippen LogP contribution is -2.16. The Morgan fingerprint density at radius 2 is 1.94 bits per heavy atom. The van der Waals surface area contributed by atoms with Gasteiger partial charge in [0.05, 0.1) is 21.8 Å². The van der Waals surface area contributed by atoms with Gasteiger partial charge in [-0.15, -0.1) is 0 Å². The van der Waals surface area contributed by atoms with Crippen LogP contribution in [0.25, 0.3) is 16.9 Å². The molecule has 0 saturated heterocycles. The number of benzene rings is 1. The minimum atomic E-state index is -0.580. The number of fused-ring (bicyclic) bond motifs is 1. The molecule has 0 atom stereocenters. The van der Waals surface area contributed by atoms with Crippen molar-refractivity contribution in [2.45, 2.75) is 0 Å². The lowest BCUT2D eigenvalue weighted by atomic mass is 10.1. The van der Waals surface area contributed by atoms with Crippen LogP contribution in [0.3, 0.4) is 0 Å². The van der Waals surface area contributed by atoms with Crippen molar-refractivity contribution in [1.29, 1.82) is 0 Å². The van der Waals surface area contributed by atoms with E-state index in [-0.39, 0.29) is 11.5 Å². The van der Waals surface area contributed by atoms with Crippen LogP contribution >= 0.6 is 23.2 Å². The van der Waals surface area contributed by atoms with E-state index in [1.54, 1.807) is 28.9 Å². The Labute approximate surface area is 185 Å². The average molecular weight is 460 g/mol. The van der Waals surface area contributed by atoms with Crippen LogP contribution in [-0.4, -0.2) is 42.6 Å². The molecule has 0 spiro atoms. The van der Waals surface area contributed by atoms with Gasteiger partial charge in [0.15, 0.2) is 11.5 Å². The number of hydrogen-bond donors (Lipinski definition) is 3. The summed E-state index contributed by atoms with van der Waals surface area (Å²) in [4.78, 5) is 23.1. The predicted octanol–water partition coefficient (Wildman–Crippen LogP) is 3.51. The molecule has 3 aromatic heterocycles. The molecule has 0 aliphatic rings. The van der Waals surface area contributed by atoms with Gasteiger partial charge in [-0.05, 0) is 24.3 Å². The Morgan fingerprint density at radius 3 is 2.68 bits per heavy atom. The van der Waals surface area contributed by atoms with Gasteiger partial charge >= 0.3 is 5.69 Å². The van der Waals surface area contributed by atoms with Crippen molar-refractivity contribution in [3.05, 3.63) is 63.0 Å². The number of halogens is 2. The van der Waals surface area contributed by atoms with Crippen LogP contribution in [0.2, 0.25) is 10.0 Å². The molecule has 4 rings (SSSR count). The van der Waals surface area contributed by atoms with Gasteiger partial charge in [0, 0.05) is 29.7 Å². The summed E-state index contributed by atoms with van der Waals surface area (Å²) in [6.07, 6.45) is 3.15. The molecule has 0 bridgehead atoms. The normalized spacial score (nSPS) is 10.9. The first-order valence-corrected chi connectivity index (χ1v) is 9.72. The molecule has 0 saturated carbocycles. The van der Waals surface area contributed by atoms with Crippen molar-refractivity contribution in [2.24, 2.45) is 0 Å². The SMILES string of the molecule is Nc1nc(NCCNc2nc(-c3ccc(Cl)cc3Cl)cn3ncnc23)ccc1[N+](=O)[O-]. The van der Waals surface area contributed by atoms with E-state index in [1.165, 1.54) is 18.5 Å². The zero-order valence-electron chi connectivity index (χ0n) is 15.8. The van der Waals surface area contributed by atoms with Crippen molar-refractivity contribution in [1.82, 2.24) is 24.6 Å². The van der Waals surface area contributed by atoms with Gasteiger partial charge in [0.25, 0.3) is 0 Å². The molecule has 31 heavy (non-hydrogen) atoms. The maximum atomic E-state index is 10.8. The number of pyridine rings is 1. The van der Waals surface area contributed by atoms with Crippen molar-refractivity contribution >= 4 is 52.0 Å². The summed E-state index contributed by atoms with van der Waals surface area (Å²) in [6.45, 7) is 0.893. The van der Waals surface area contributed by atoms with Crippen molar-refractivity contribution in [3.63, 3.8) is 0 Å². The molecule has 0 aliphatic heterocycles. The minimum absolute atomic E-state index is 0.151. The molecular formula is C18H15Cl2N9O2. The smallest absolute Gasteiger partial charge is 0.311 e. The summed E-state index contributed by atoms with van der Waals surface area (Å²) in [6, 6.07) is 7.96. The maximum Gasteiger partial charge on any atom is 0.311 e. The third-order valence-electron chi connectivity index (χ3n) is 4.29. The van der Waals surface area contributed by atoms with Gasteiger partial charge in [-0.3, -0.25) is 10.1 Å². The zero-order chi connectivity index (χ0) is 22.0. The number of nitro groups is 1. The first-order valence-electron chi connectivity index (χ1n) is 8.97. The van der Waals surface area contributed by atoms with Crippen molar-refractivity contribution in [3.8, 4) is 11.3 Å². The van der Waals surface area contributed by atoms with E-state index >= 15 is 0 Å². The number of hydrogen-bond acceptors (Lipinski definition) is 9. The quantitative estimate of drug-likeness (QED) is 0.214. The Bertz CT molecular complexity index is 1280. The lowest BCUT2D eigenvalue weighted by Gasteiger charge is -2.11. The summed E-state index contributed by atoms with van der Waals surface area (Å²) in [5.41, 5.74) is 7.22. The molecule has 1 aromatic carbocycles. The largest absolute Gasteiger partial charge is 0.378 e. The van der Waals surface area contributed by atoms with Crippen LogP contribution in [0.1, 0.15) is 0 Å². The molecule has 4 N–H and O–H groups in total. The minimum Gasteiger partial charge on any atom is -0.378 e. The van der Waals surface area contributed by atoms with Gasteiger partial charge in [0.1, 0.15) is 12.1 Å².